The van der Waals surface area contributed by atoms with Gasteiger partial charge in [0, 0.05) is 5.57 Å². The summed E-state index contributed by atoms with van der Waals surface area (Å²) in [4.78, 5) is 22.0. The zero-order valence-corrected chi connectivity index (χ0v) is 28.4. The molecule has 0 aromatic carbocycles. The smallest absolute Gasteiger partial charge is 0.333 e. The quantitative estimate of drug-likeness (QED) is 0.0498. The van der Waals surface area contributed by atoms with E-state index in [1.165, 1.54) is 7.11 Å². The molecule has 16 nitrogen and oxygen atoms in total. The molecule has 0 rings (SSSR count). The fourth-order valence-electron chi connectivity index (χ4n) is 2.95. The Kier molecular flexibility index (Phi) is 37.2. The van der Waals surface area contributed by atoms with Gasteiger partial charge >= 0.3 is 11.9 Å². The van der Waals surface area contributed by atoms with Gasteiger partial charge in [0.1, 0.15) is 13.2 Å². The molecule has 0 saturated heterocycles. The van der Waals surface area contributed by atoms with Crippen LogP contribution in [-0.4, -0.2) is 184 Å². The van der Waals surface area contributed by atoms with Crippen LogP contribution >= 0.6 is 0 Å². The van der Waals surface area contributed by atoms with Gasteiger partial charge in [-0.05, 0) is 6.92 Å². The Morgan fingerprint density at radius 1 is 0.383 bits per heavy atom. The van der Waals surface area contributed by atoms with Crippen LogP contribution in [0.15, 0.2) is 12.2 Å². The number of hydrogen-bond acceptors (Lipinski definition) is 16. The van der Waals surface area contributed by atoms with Gasteiger partial charge in [0.25, 0.3) is 0 Å². The van der Waals surface area contributed by atoms with Crippen LogP contribution in [0.2, 0.25) is 0 Å². The summed E-state index contributed by atoms with van der Waals surface area (Å²) in [5.74, 6) is -0.829. The molecule has 0 aliphatic heterocycles. The van der Waals surface area contributed by atoms with Crippen LogP contribution in [-0.2, 0) is 75.9 Å². The second-order valence-electron chi connectivity index (χ2n) is 9.28. The monoisotopic (exact) mass is 686 g/mol. The summed E-state index contributed by atoms with van der Waals surface area (Å²) in [6.45, 7) is 15.6. The number of carbonyl (C=O) groups excluding carboxylic acids is 2. The largest absolute Gasteiger partial charge is 0.467 e. The van der Waals surface area contributed by atoms with Crippen LogP contribution in [0, 0.1) is 0 Å². The van der Waals surface area contributed by atoms with E-state index in [1.54, 1.807) is 6.92 Å². The second kappa shape index (κ2) is 38.6. The molecule has 0 aliphatic carbocycles. The Morgan fingerprint density at radius 2 is 0.596 bits per heavy atom. The highest BCUT2D eigenvalue weighted by Gasteiger charge is 2.02. The average molecular weight is 687 g/mol. The standard InChI is InChI=1S/C31H58O16/c1-29(2)31(33)47-27-26-45-23-22-43-19-18-41-15-14-39-11-10-37-7-6-35-4-5-36-8-9-38-12-13-40-16-17-42-20-21-44-24-25-46-28-30(32)34-3/h1,4-28H2,2-3H3. The molecule has 0 fully saturated rings. The van der Waals surface area contributed by atoms with Crippen molar-refractivity contribution in [3.05, 3.63) is 12.2 Å². The zero-order valence-electron chi connectivity index (χ0n) is 28.4. The van der Waals surface area contributed by atoms with E-state index in [0.29, 0.717) is 158 Å². The van der Waals surface area contributed by atoms with E-state index in [2.05, 4.69) is 11.3 Å². The molecule has 0 heterocycles. The molecule has 16 heteroatoms. The highest BCUT2D eigenvalue weighted by atomic mass is 16.6. The van der Waals surface area contributed by atoms with Crippen molar-refractivity contribution < 1.29 is 75.9 Å². The second-order valence-corrected chi connectivity index (χ2v) is 9.28. The minimum atomic E-state index is -0.417. The summed E-state index contributed by atoms with van der Waals surface area (Å²) in [6, 6.07) is 0. The molecular weight excluding hydrogens is 628 g/mol. The van der Waals surface area contributed by atoms with Crippen LogP contribution in [0.3, 0.4) is 0 Å². The maximum atomic E-state index is 11.2. The molecule has 0 amide bonds. The van der Waals surface area contributed by atoms with Crippen molar-refractivity contribution in [2.75, 3.05) is 172 Å². The van der Waals surface area contributed by atoms with Gasteiger partial charge in [-0.2, -0.15) is 0 Å². The summed E-state index contributed by atoms with van der Waals surface area (Å²) >= 11 is 0. The first kappa shape index (κ1) is 45.2. The lowest BCUT2D eigenvalue weighted by atomic mass is 10.4. The predicted octanol–water partition coefficient (Wildman–Crippen LogP) is 0.478. The van der Waals surface area contributed by atoms with Crippen molar-refractivity contribution in [2.45, 2.75) is 6.92 Å². The molecule has 0 atom stereocenters. The first-order valence-corrected chi connectivity index (χ1v) is 15.9. The molecule has 0 bridgehead atoms. The molecule has 0 saturated carbocycles. The van der Waals surface area contributed by atoms with E-state index >= 15 is 0 Å². The van der Waals surface area contributed by atoms with Crippen molar-refractivity contribution in [1.29, 1.82) is 0 Å². The predicted molar refractivity (Wildman–Crippen MR) is 168 cm³/mol. The highest BCUT2D eigenvalue weighted by molar-refractivity contribution is 5.86. The molecule has 0 unspecified atom stereocenters. The van der Waals surface area contributed by atoms with E-state index in [4.69, 9.17) is 61.6 Å². The maximum absolute atomic E-state index is 11.2. The van der Waals surface area contributed by atoms with Gasteiger partial charge in [-0.3, -0.25) is 0 Å². The molecule has 0 spiro atoms. The van der Waals surface area contributed by atoms with Crippen LogP contribution in [0.4, 0.5) is 0 Å². The van der Waals surface area contributed by atoms with E-state index in [1.807, 2.05) is 0 Å². The number of methoxy groups -OCH3 is 1. The summed E-state index contributed by atoms with van der Waals surface area (Å²) < 4.78 is 74.0. The number of esters is 2. The minimum absolute atomic E-state index is 0.0751. The molecule has 278 valence electrons. The molecule has 0 aromatic heterocycles. The number of ether oxygens (including phenoxy) is 14. The molecule has 0 N–H and O–H groups in total. The molecule has 0 aromatic rings. The summed E-state index contributed by atoms with van der Waals surface area (Å²) in [6.07, 6.45) is 0. The lowest BCUT2D eigenvalue weighted by molar-refractivity contribution is -0.146. The molecular formula is C31H58O16. The topological polar surface area (TPSA) is 163 Å². The van der Waals surface area contributed by atoms with Crippen molar-refractivity contribution in [1.82, 2.24) is 0 Å². The molecule has 47 heavy (non-hydrogen) atoms. The third-order valence-corrected chi connectivity index (χ3v) is 5.35. The van der Waals surface area contributed by atoms with Crippen molar-refractivity contribution in [3.63, 3.8) is 0 Å². The number of hydrogen-bond donors (Lipinski definition) is 0. The number of carbonyl (C=O) groups is 2. The first-order valence-electron chi connectivity index (χ1n) is 15.9. The van der Waals surface area contributed by atoms with E-state index in [0.717, 1.165) is 0 Å². The van der Waals surface area contributed by atoms with Gasteiger partial charge < -0.3 is 66.3 Å². The van der Waals surface area contributed by atoms with E-state index in [-0.39, 0.29) is 13.2 Å². The SMILES string of the molecule is C=C(C)C(=O)OCCOCCOCCOCCOCCOCCOCCOCCOCCOCCOCCOCCOCC(=O)OC. The molecule has 0 aliphatic rings. The van der Waals surface area contributed by atoms with Gasteiger partial charge in [0.05, 0.1) is 159 Å². The summed E-state index contributed by atoms with van der Waals surface area (Å²) in [5.41, 5.74) is 0.366. The van der Waals surface area contributed by atoms with Gasteiger partial charge in [-0.1, -0.05) is 6.58 Å². The van der Waals surface area contributed by atoms with Crippen LogP contribution in [0.5, 0.6) is 0 Å². The lowest BCUT2D eigenvalue weighted by Crippen LogP contribution is -2.16. The Bertz CT molecular complexity index is 696. The minimum Gasteiger partial charge on any atom is -0.467 e. The summed E-state index contributed by atoms with van der Waals surface area (Å²) in [7, 11) is 1.31. The third kappa shape index (κ3) is 38.5. The fourth-order valence-corrected chi connectivity index (χ4v) is 2.95. The Hall–Kier alpha value is -1.80. The molecule has 0 radical (unpaired) electrons. The maximum Gasteiger partial charge on any atom is 0.333 e. The fraction of sp³-hybridized carbons (Fsp3) is 0.871. The van der Waals surface area contributed by atoms with E-state index < -0.39 is 11.9 Å². The van der Waals surface area contributed by atoms with Crippen LogP contribution in [0.25, 0.3) is 0 Å². The van der Waals surface area contributed by atoms with Gasteiger partial charge in [-0.15, -0.1) is 0 Å². The van der Waals surface area contributed by atoms with Gasteiger partial charge in [-0.25, -0.2) is 9.59 Å². The Balaban J connectivity index is 3.08. The average Bonchev–Trinajstić information content (AvgIpc) is 3.07. The first-order chi connectivity index (χ1) is 23.1. The van der Waals surface area contributed by atoms with Crippen molar-refractivity contribution in [3.8, 4) is 0 Å². The van der Waals surface area contributed by atoms with Crippen molar-refractivity contribution >= 4 is 11.9 Å². The van der Waals surface area contributed by atoms with Crippen LogP contribution in [0.1, 0.15) is 6.92 Å². The van der Waals surface area contributed by atoms with Gasteiger partial charge in [0.15, 0.2) is 0 Å². The Labute approximate surface area is 279 Å². The van der Waals surface area contributed by atoms with Crippen molar-refractivity contribution in [2.24, 2.45) is 0 Å². The highest BCUT2D eigenvalue weighted by Crippen LogP contribution is 1.92. The third-order valence-electron chi connectivity index (χ3n) is 5.35. The van der Waals surface area contributed by atoms with E-state index in [9.17, 15) is 9.59 Å². The van der Waals surface area contributed by atoms with Crippen LogP contribution < -0.4 is 0 Å². The Morgan fingerprint density at radius 3 is 0.809 bits per heavy atom. The van der Waals surface area contributed by atoms with Gasteiger partial charge in [0.2, 0.25) is 0 Å². The summed E-state index contributed by atoms with van der Waals surface area (Å²) in [5, 5.41) is 0. The number of rotatable bonds is 39. The zero-order chi connectivity index (χ0) is 34.3. The lowest BCUT2D eigenvalue weighted by Gasteiger charge is -2.09. The normalized spacial score (nSPS) is 11.2.